The standard InChI is InChI=1S/C14H14ClN3O4S/c1-17(9-10-3-2-4-11(15)7-10)13-6-5-12(18(19)20)8-14(13)23(16,21)22/h2-8H,9H2,1H3,(H2,16,21,22). The zero-order valence-electron chi connectivity index (χ0n) is 12.1. The Balaban J connectivity index is 2.43. The highest BCUT2D eigenvalue weighted by molar-refractivity contribution is 7.89. The van der Waals surface area contributed by atoms with Gasteiger partial charge in [0.1, 0.15) is 4.90 Å². The molecule has 0 fully saturated rings. The molecule has 0 heterocycles. The molecule has 0 aliphatic carbocycles. The van der Waals surface area contributed by atoms with Crippen LogP contribution in [0.4, 0.5) is 11.4 Å². The van der Waals surface area contributed by atoms with E-state index in [4.69, 9.17) is 16.7 Å². The normalized spacial score (nSPS) is 11.3. The molecule has 122 valence electrons. The fourth-order valence-electron chi connectivity index (χ4n) is 2.15. The van der Waals surface area contributed by atoms with Crippen LogP contribution in [0.25, 0.3) is 0 Å². The summed E-state index contributed by atoms with van der Waals surface area (Å²) in [6.07, 6.45) is 0. The van der Waals surface area contributed by atoms with Crippen LogP contribution in [0, 0.1) is 10.1 Å². The summed E-state index contributed by atoms with van der Waals surface area (Å²) in [6.45, 7) is 0.362. The summed E-state index contributed by atoms with van der Waals surface area (Å²) in [4.78, 5) is 11.5. The van der Waals surface area contributed by atoms with Crippen LogP contribution in [0.5, 0.6) is 0 Å². The topological polar surface area (TPSA) is 107 Å². The number of hydrogen-bond acceptors (Lipinski definition) is 5. The minimum absolute atomic E-state index is 0.276. The first-order valence-corrected chi connectivity index (χ1v) is 8.38. The molecule has 0 bridgehead atoms. The van der Waals surface area contributed by atoms with E-state index in [9.17, 15) is 18.5 Å². The van der Waals surface area contributed by atoms with Gasteiger partial charge >= 0.3 is 0 Å². The molecule has 2 N–H and O–H groups in total. The van der Waals surface area contributed by atoms with Crippen molar-refractivity contribution < 1.29 is 13.3 Å². The molecule has 0 amide bonds. The van der Waals surface area contributed by atoms with E-state index in [0.717, 1.165) is 11.6 Å². The molecule has 0 spiro atoms. The zero-order valence-corrected chi connectivity index (χ0v) is 13.7. The first-order chi connectivity index (χ1) is 10.7. The molecule has 0 unspecified atom stereocenters. The highest BCUT2D eigenvalue weighted by Crippen LogP contribution is 2.29. The maximum Gasteiger partial charge on any atom is 0.270 e. The summed E-state index contributed by atoms with van der Waals surface area (Å²) in [5.74, 6) is 0. The lowest BCUT2D eigenvalue weighted by Crippen LogP contribution is -2.22. The van der Waals surface area contributed by atoms with Gasteiger partial charge in [0.05, 0.1) is 10.6 Å². The van der Waals surface area contributed by atoms with Crippen molar-refractivity contribution in [3.63, 3.8) is 0 Å². The average molecular weight is 356 g/mol. The molecule has 9 heteroatoms. The number of nitrogens with two attached hydrogens (primary N) is 1. The molecule has 0 aliphatic rings. The molecule has 0 radical (unpaired) electrons. The van der Waals surface area contributed by atoms with E-state index in [1.54, 1.807) is 30.1 Å². The Morgan fingerprint density at radius 1 is 1.26 bits per heavy atom. The Bertz CT molecular complexity index is 855. The zero-order chi connectivity index (χ0) is 17.2. The van der Waals surface area contributed by atoms with Crippen molar-refractivity contribution in [3.05, 3.63) is 63.2 Å². The lowest BCUT2D eigenvalue weighted by Gasteiger charge is -2.21. The first kappa shape index (κ1) is 17.2. The third kappa shape index (κ3) is 4.19. The number of primary sulfonamides is 1. The number of hydrogen-bond donors (Lipinski definition) is 1. The minimum Gasteiger partial charge on any atom is -0.369 e. The van der Waals surface area contributed by atoms with Crippen LogP contribution in [-0.4, -0.2) is 20.4 Å². The van der Waals surface area contributed by atoms with Gasteiger partial charge in [0.15, 0.2) is 0 Å². The number of nitro benzene ring substituents is 1. The van der Waals surface area contributed by atoms with Gasteiger partial charge in [-0.05, 0) is 23.8 Å². The van der Waals surface area contributed by atoms with Crippen LogP contribution in [0.2, 0.25) is 5.02 Å². The Morgan fingerprint density at radius 3 is 2.52 bits per heavy atom. The summed E-state index contributed by atoms with van der Waals surface area (Å²) < 4.78 is 23.5. The van der Waals surface area contributed by atoms with Crippen LogP contribution in [0.3, 0.4) is 0 Å². The van der Waals surface area contributed by atoms with E-state index in [1.165, 1.54) is 12.1 Å². The van der Waals surface area contributed by atoms with Gasteiger partial charge in [-0.25, -0.2) is 13.6 Å². The molecule has 0 saturated carbocycles. The Kier molecular flexibility index (Phi) is 4.88. The van der Waals surface area contributed by atoms with Gasteiger partial charge in [0.25, 0.3) is 5.69 Å². The predicted octanol–water partition coefficient (Wildman–Crippen LogP) is 2.53. The Morgan fingerprint density at radius 2 is 1.96 bits per heavy atom. The summed E-state index contributed by atoms with van der Waals surface area (Å²) in [5.41, 5.74) is 0.797. The largest absolute Gasteiger partial charge is 0.369 e. The van der Waals surface area contributed by atoms with Crippen molar-refractivity contribution in [3.8, 4) is 0 Å². The van der Waals surface area contributed by atoms with Crippen molar-refractivity contribution in [2.45, 2.75) is 11.4 Å². The Hall–Kier alpha value is -2.16. The molecule has 0 atom stereocenters. The van der Waals surface area contributed by atoms with Gasteiger partial charge in [-0.2, -0.15) is 0 Å². The minimum atomic E-state index is -4.11. The quantitative estimate of drug-likeness (QED) is 0.655. The van der Waals surface area contributed by atoms with Crippen LogP contribution < -0.4 is 10.0 Å². The summed E-state index contributed by atoms with van der Waals surface area (Å²) in [6, 6.07) is 10.7. The Labute approximate surface area is 138 Å². The lowest BCUT2D eigenvalue weighted by molar-refractivity contribution is -0.385. The maximum atomic E-state index is 11.7. The van der Waals surface area contributed by atoms with Gasteiger partial charge < -0.3 is 4.90 Å². The SMILES string of the molecule is CN(Cc1cccc(Cl)c1)c1ccc([N+](=O)[O-])cc1S(N)(=O)=O. The van der Waals surface area contributed by atoms with Crippen molar-refractivity contribution in [1.29, 1.82) is 0 Å². The van der Waals surface area contributed by atoms with Crippen molar-refractivity contribution in [1.82, 2.24) is 0 Å². The molecule has 7 nitrogen and oxygen atoms in total. The predicted molar refractivity (Wildman–Crippen MR) is 88.0 cm³/mol. The monoisotopic (exact) mass is 355 g/mol. The van der Waals surface area contributed by atoms with E-state index in [2.05, 4.69) is 0 Å². The second-order valence-electron chi connectivity index (χ2n) is 4.94. The molecule has 23 heavy (non-hydrogen) atoms. The van der Waals surface area contributed by atoms with Crippen LogP contribution in [0.1, 0.15) is 5.56 Å². The molecule has 2 rings (SSSR count). The number of sulfonamides is 1. The second kappa shape index (κ2) is 6.53. The van der Waals surface area contributed by atoms with Crippen LogP contribution >= 0.6 is 11.6 Å². The molecule has 0 aromatic heterocycles. The summed E-state index contributed by atoms with van der Waals surface area (Å²) in [7, 11) is -2.44. The number of nitrogens with zero attached hydrogens (tertiary/aromatic N) is 2. The van der Waals surface area contributed by atoms with E-state index in [-0.39, 0.29) is 16.3 Å². The van der Waals surface area contributed by atoms with E-state index < -0.39 is 14.9 Å². The highest BCUT2D eigenvalue weighted by Gasteiger charge is 2.21. The van der Waals surface area contributed by atoms with E-state index >= 15 is 0 Å². The molecule has 0 saturated heterocycles. The smallest absolute Gasteiger partial charge is 0.270 e. The molecular weight excluding hydrogens is 342 g/mol. The number of halogens is 1. The van der Waals surface area contributed by atoms with Gasteiger partial charge in [0, 0.05) is 30.7 Å². The third-order valence-corrected chi connectivity index (χ3v) is 4.36. The average Bonchev–Trinajstić information content (AvgIpc) is 2.45. The van der Waals surface area contributed by atoms with Gasteiger partial charge in [-0.1, -0.05) is 23.7 Å². The van der Waals surface area contributed by atoms with Crippen molar-refractivity contribution >= 4 is 33.0 Å². The van der Waals surface area contributed by atoms with Gasteiger partial charge in [-0.3, -0.25) is 10.1 Å². The van der Waals surface area contributed by atoms with Crippen LogP contribution in [0.15, 0.2) is 47.4 Å². The first-order valence-electron chi connectivity index (χ1n) is 6.45. The maximum absolute atomic E-state index is 11.7. The number of non-ortho nitro benzene ring substituents is 1. The highest BCUT2D eigenvalue weighted by atomic mass is 35.5. The van der Waals surface area contributed by atoms with Crippen molar-refractivity contribution in [2.24, 2.45) is 5.14 Å². The van der Waals surface area contributed by atoms with Crippen molar-refractivity contribution in [2.75, 3.05) is 11.9 Å². The summed E-state index contributed by atoms with van der Waals surface area (Å²) in [5, 5.41) is 16.6. The summed E-state index contributed by atoms with van der Waals surface area (Å²) >= 11 is 5.92. The second-order valence-corrected chi connectivity index (χ2v) is 6.91. The number of rotatable bonds is 5. The third-order valence-electron chi connectivity index (χ3n) is 3.18. The van der Waals surface area contributed by atoms with E-state index in [1.807, 2.05) is 6.07 Å². The number of nitro groups is 1. The molecule has 2 aromatic rings. The molecule has 2 aromatic carbocycles. The molecule has 0 aliphatic heterocycles. The number of anilines is 1. The van der Waals surface area contributed by atoms with E-state index in [0.29, 0.717) is 11.6 Å². The number of benzene rings is 2. The van der Waals surface area contributed by atoms with Gasteiger partial charge in [0.2, 0.25) is 10.0 Å². The van der Waals surface area contributed by atoms with Gasteiger partial charge in [-0.15, -0.1) is 0 Å². The molecular formula is C14H14ClN3O4S. The van der Waals surface area contributed by atoms with Crippen LogP contribution in [-0.2, 0) is 16.6 Å². The fourth-order valence-corrected chi connectivity index (χ4v) is 3.17. The lowest BCUT2D eigenvalue weighted by atomic mass is 10.2. The fraction of sp³-hybridized carbons (Fsp3) is 0.143.